The molecule has 0 spiro atoms. The van der Waals surface area contributed by atoms with Crippen LogP contribution in [0, 0.1) is 11.3 Å². The fourth-order valence-corrected chi connectivity index (χ4v) is 4.95. The Kier molecular flexibility index (Phi) is 8.33. The van der Waals surface area contributed by atoms with Crippen LogP contribution in [0.5, 0.6) is 0 Å². The number of ether oxygens (including phenoxy) is 1. The van der Waals surface area contributed by atoms with Crippen LogP contribution in [0.1, 0.15) is 42.6 Å². The summed E-state index contributed by atoms with van der Waals surface area (Å²) in [6, 6.07) is 13.3. The van der Waals surface area contributed by atoms with Gasteiger partial charge in [-0.25, -0.2) is 13.9 Å². The van der Waals surface area contributed by atoms with Crippen LogP contribution < -0.4 is 15.5 Å². The predicted octanol–water partition coefficient (Wildman–Crippen LogP) is 3.86. The molecule has 1 aliphatic heterocycles. The Bertz CT molecular complexity index is 1610. The van der Waals surface area contributed by atoms with Crippen molar-refractivity contribution in [1.29, 1.82) is 5.26 Å². The number of nitriles is 1. The first-order chi connectivity index (χ1) is 20.2. The number of hydrogen-bond acceptors (Lipinski definition) is 9. The van der Waals surface area contributed by atoms with Crippen LogP contribution in [0.2, 0.25) is 0 Å². The van der Waals surface area contributed by atoms with Crippen molar-refractivity contribution in [3.8, 4) is 17.5 Å². The number of aromatic nitrogens is 4. The molecule has 42 heavy (non-hydrogen) atoms. The first kappa shape index (κ1) is 28.9. The molecule has 0 aliphatic carbocycles. The Labute approximate surface area is 243 Å². The second-order valence-electron chi connectivity index (χ2n) is 10.8. The molecule has 4 aromatic heterocycles. The van der Waals surface area contributed by atoms with Crippen molar-refractivity contribution < 1.29 is 19.0 Å². The summed E-state index contributed by atoms with van der Waals surface area (Å²) in [6.07, 6.45) is 5.03. The van der Waals surface area contributed by atoms with Gasteiger partial charge in [-0.1, -0.05) is 0 Å². The monoisotopic (exact) mass is 572 g/mol. The van der Waals surface area contributed by atoms with E-state index in [9.17, 15) is 19.6 Å². The lowest BCUT2D eigenvalue weighted by Gasteiger charge is -2.25. The summed E-state index contributed by atoms with van der Waals surface area (Å²) >= 11 is 0. The number of fused-ring (bicyclic) bond motifs is 1. The average molecular weight is 573 g/mol. The Morgan fingerprint density at radius 2 is 2.07 bits per heavy atom. The van der Waals surface area contributed by atoms with E-state index in [1.807, 2.05) is 24.3 Å². The molecule has 1 fully saturated rings. The van der Waals surface area contributed by atoms with Gasteiger partial charge in [0, 0.05) is 19.9 Å². The van der Waals surface area contributed by atoms with E-state index in [4.69, 9.17) is 4.74 Å². The van der Waals surface area contributed by atoms with Gasteiger partial charge in [-0.05, 0) is 63.1 Å². The molecule has 1 amide bonds. The van der Waals surface area contributed by atoms with Crippen LogP contribution in [0.4, 0.5) is 21.6 Å². The van der Waals surface area contributed by atoms with Crippen molar-refractivity contribution in [2.75, 3.05) is 37.0 Å². The number of carbonyl (C=O) groups is 1. The predicted molar refractivity (Wildman–Crippen MR) is 156 cm³/mol. The highest BCUT2D eigenvalue weighted by Gasteiger charge is 2.28. The highest BCUT2D eigenvalue weighted by molar-refractivity contribution is 6.00. The number of nitrogens with zero attached hydrogens (tertiary/aromatic N) is 6. The number of anilines is 3. The molecule has 0 aromatic carbocycles. The third-order valence-corrected chi connectivity index (χ3v) is 7.31. The fourth-order valence-electron chi connectivity index (χ4n) is 4.95. The summed E-state index contributed by atoms with van der Waals surface area (Å²) in [6.45, 7) is 3.86. The number of alkyl halides is 1. The zero-order valence-electron chi connectivity index (χ0n) is 23.7. The molecule has 3 N–H and O–H groups in total. The van der Waals surface area contributed by atoms with Gasteiger partial charge in [-0.3, -0.25) is 9.78 Å². The number of amides is 1. The number of pyridine rings is 2. The van der Waals surface area contributed by atoms with Gasteiger partial charge in [0.15, 0.2) is 0 Å². The largest absolute Gasteiger partial charge is 0.387 e. The molecule has 5 rings (SSSR count). The van der Waals surface area contributed by atoms with Crippen LogP contribution in [-0.2, 0) is 4.74 Å². The molecule has 1 aliphatic rings. The minimum absolute atomic E-state index is 0.186. The van der Waals surface area contributed by atoms with Gasteiger partial charge in [-0.15, -0.1) is 0 Å². The van der Waals surface area contributed by atoms with Gasteiger partial charge in [0.05, 0.1) is 76.6 Å². The van der Waals surface area contributed by atoms with Gasteiger partial charge in [0.25, 0.3) is 5.91 Å². The lowest BCUT2D eigenvalue weighted by atomic mass is 10.0. The maximum atomic E-state index is 14.4. The lowest BCUT2D eigenvalue weighted by Crippen LogP contribution is -2.42. The van der Waals surface area contributed by atoms with Crippen molar-refractivity contribution in [2.24, 2.45) is 0 Å². The standard InChI is InChI=1S/C30H33FN8O3/c1-30(2,41)27(31)17-35-29(40)23-16-33-25(26-8-7-21-11-19(13-32)14-36-39(21)26)12-24(23)37-20-6-9-28(34-15-20)38-10-4-5-22(38)18-42-3/h6-9,11-12,14-16,22,27,41H,4-5,10,17-18H2,1-3H3,(H,33,37)(H,35,40)/t22-,27+/m0/s1. The summed E-state index contributed by atoms with van der Waals surface area (Å²) in [4.78, 5) is 24.6. The van der Waals surface area contributed by atoms with E-state index in [0.29, 0.717) is 34.9 Å². The Balaban J connectivity index is 1.45. The first-order valence-corrected chi connectivity index (χ1v) is 13.7. The second-order valence-corrected chi connectivity index (χ2v) is 10.8. The van der Waals surface area contributed by atoms with Gasteiger partial charge >= 0.3 is 0 Å². The number of hydrogen-bond donors (Lipinski definition) is 3. The molecular weight excluding hydrogens is 539 g/mol. The van der Waals surface area contributed by atoms with E-state index in [2.05, 4.69) is 36.7 Å². The summed E-state index contributed by atoms with van der Waals surface area (Å²) in [5.74, 6) is 0.292. The zero-order chi connectivity index (χ0) is 29.9. The van der Waals surface area contributed by atoms with Crippen LogP contribution >= 0.6 is 0 Å². The Morgan fingerprint density at radius 1 is 1.24 bits per heavy atom. The van der Waals surface area contributed by atoms with Gasteiger partial charge in [0.1, 0.15) is 18.1 Å². The van der Waals surface area contributed by atoms with E-state index >= 15 is 0 Å². The topological polar surface area (TPSA) is 141 Å². The first-order valence-electron chi connectivity index (χ1n) is 13.7. The van der Waals surface area contributed by atoms with Gasteiger partial charge in [-0.2, -0.15) is 10.4 Å². The molecule has 0 radical (unpaired) electrons. The van der Waals surface area contributed by atoms with Crippen molar-refractivity contribution in [2.45, 2.75) is 44.5 Å². The molecule has 218 valence electrons. The molecule has 1 saturated heterocycles. The van der Waals surface area contributed by atoms with Crippen LogP contribution in [0.3, 0.4) is 0 Å². The van der Waals surface area contributed by atoms with Gasteiger partial charge in [0.2, 0.25) is 0 Å². The Morgan fingerprint density at radius 3 is 2.79 bits per heavy atom. The SMILES string of the molecule is COC[C@@H]1CCCN1c1ccc(Nc2cc(-c3ccc4cc(C#N)cnn34)ncc2C(=O)NC[C@@H](F)C(C)(C)O)cn1. The van der Waals surface area contributed by atoms with Gasteiger partial charge < -0.3 is 25.4 Å². The van der Waals surface area contributed by atoms with E-state index in [-0.39, 0.29) is 18.2 Å². The number of aliphatic hydroxyl groups is 1. The number of halogens is 1. The number of carbonyl (C=O) groups excluding carboxylic acids is 1. The number of methoxy groups -OCH3 is 1. The Hall–Kier alpha value is -4.60. The van der Waals surface area contributed by atoms with Crippen molar-refractivity contribution in [1.82, 2.24) is 24.9 Å². The smallest absolute Gasteiger partial charge is 0.255 e. The molecule has 4 aromatic rings. The molecule has 0 bridgehead atoms. The maximum Gasteiger partial charge on any atom is 0.255 e. The fraction of sp³-hybridized carbons (Fsp3) is 0.367. The highest BCUT2D eigenvalue weighted by Crippen LogP contribution is 2.29. The summed E-state index contributed by atoms with van der Waals surface area (Å²) in [5.41, 5.74) is 1.98. The summed E-state index contributed by atoms with van der Waals surface area (Å²) in [7, 11) is 1.70. The molecular formula is C30H33FN8O3. The summed E-state index contributed by atoms with van der Waals surface area (Å²) in [5, 5.41) is 29.3. The normalized spacial score (nSPS) is 15.9. The minimum atomic E-state index is -1.66. The number of nitrogens with one attached hydrogen (secondary N) is 2. The molecule has 11 nitrogen and oxygen atoms in total. The van der Waals surface area contributed by atoms with E-state index in [1.54, 1.807) is 30.0 Å². The molecule has 5 heterocycles. The average Bonchev–Trinajstić information content (AvgIpc) is 3.62. The van der Waals surface area contributed by atoms with Crippen LogP contribution in [0.25, 0.3) is 16.9 Å². The minimum Gasteiger partial charge on any atom is -0.387 e. The maximum absolute atomic E-state index is 14.4. The molecule has 12 heteroatoms. The lowest BCUT2D eigenvalue weighted by molar-refractivity contribution is -0.00177. The van der Waals surface area contributed by atoms with E-state index in [0.717, 1.165) is 30.7 Å². The molecule has 0 unspecified atom stereocenters. The van der Waals surface area contributed by atoms with Crippen LogP contribution in [-0.4, -0.2) is 75.2 Å². The van der Waals surface area contributed by atoms with E-state index < -0.39 is 17.7 Å². The highest BCUT2D eigenvalue weighted by atomic mass is 19.1. The third-order valence-electron chi connectivity index (χ3n) is 7.31. The van der Waals surface area contributed by atoms with Crippen molar-refractivity contribution in [3.05, 3.63) is 66.1 Å². The molecule has 2 atom stereocenters. The third kappa shape index (κ3) is 6.17. The molecule has 0 saturated carbocycles. The number of rotatable bonds is 10. The zero-order valence-corrected chi connectivity index (χ0v) is 23.7. The van der Waals surface area contributed by atoms with Crippen molar-refractivity contribution >= 4 is 28.6 Å². The quantitative estimate of drug-likeness (QED) is 0.258. The summed E-state index contributed by atoms with van der Waals surface area (Å²) < 4.78 is 21.4. The van der Waals surface area contributed by atoms with E-state index in [1.165, 1.54) is 26.2 Å². The van der Waals surface area contributed by atoms with Crippen molar-refractivity contribution in [3.63, 3.8) is 0 Å². The van der Waals surface area contributed by atoms with Crippen LogP contribution in [0.15, 0.2) is 55.0 Å². The second kappa shape index (κ2) is 12.1.